The molecule has 0 unspecified atom stereocenters. The van der Waals surface area contributed by atoms with Crippen molar-refractivity contribution >= 4 is 11.9 Å². The van der Waals surface area contributed by atoms with Gasteiger partial charge in [-0.1, -0.05) is 38.2 Å². The molecule has 0 spiro atoms. The molecular weight excluding hydrogens is 332 g/mol. The maximum atomic E-state index is 11.6. The number of esters is 2. The second kappa shape index (κ2) is 13.8. The lowest BCUT2D eigenvalue weighted by atomic mass is 9.95. The van der Waals surface area contributed by atoms with Gasteiger partial charge in [0.05, 0.1) is 31.2 Å². The Morgan fingerprint density at radius 3 is 2.19 bits per heavy atom. The summed E-state index contributed by atoms with van der Waals surface area (Å²) >= 11 is 0. The Kier molecular flexibility index (Phi) is 13.1. The minimum Gasteiger partial charge on any atom is -0.469 e. The molecule has 0 aromatic rings. The van der Waals surface area contributed by atoms with Gasteiger partial charge in [0.25, 0.3) is 0 Å². The van der Waals surface area contributed by atoms with E-state index in [1.54, 1.807) is 6.08 Å². The number of carbonyl (C=O) groups is 2. The number of hydrogen-bond donors (Lipinski definition) is 1. The number of ether oxygens (including phenoxy) is 2. The maximum Gasteiger partial charge on any atom is 0.311 e. The van der Waals surface area contributed by atoms with Crippen LogP contribution in [0.15, 0.2) is 12.7 Å². The van der Waals surface area contributed by atoms with Crippen molar-refractivity contribution in [2.75, 3.05) is 13.7 Å². The second-order valence-corrected chi connectivity index (χ2v) is 7.93. The fourth-order valence-electron chi connectivity index (χ4n) is 2.67. The maximum absolute atomic E-state index is 11.6. The number of aliphatic hydroxyl groups is 1. The average Bonchev–Trinajstić information content (AvgIpc) is 2.58. The quantitative estimate of drug-likeness (QED) is 0.278. The lowest BCUT2D eigenvalue weighted by Gasteiger charge is -2.17. The van der Waals surface area contributed by atoms with Crippen molar-refractivity contribution in [3.05, 3.63) is 12.7 Å². The normalized spacial score (nSPS) is 13.7. The van der Waals surface area contributed by atoms with E-state index in [1.807, 2.05) is 20.8 Å². The van der Waals surface area contributed by atoms with Crippen LogP contribution in [0, 0.1) is 11.3 Å². The van der Waals surface area contributed by atoms with Gasteiger partial charge in [-0.3, -0.25) is 9.59 Å². The molecule has 0 aromatic carbocycles. The van der Waals surface area contributed by atoms with E-state index in [-0.39, 0.29) is 17.9 Å². The van der Waals surface area contributed by atoms with Gasteiger partial charge in [-0.25, -0.2) is 0 Å². The Bertz CT molecular complexity index is 411. The van der Waals surface area contributed by atoms with Gasteiger partial charge in [0.15, 0.2) is 0 Å². The summed E-state index contributed by atoms with van der Waals surface area (Å²) in [6, 6.07) is 0. The third-order valence-electron chi connectivity index (χ3n) is 4.32. The lowest BCUT2D eigenvalue weighted by molar-refractivity contribution is -0.153. The predicted octanol–water partition coefficient (Wildman–Crippen LogP) is 4.42. The van der Waals surface area contributed by atoms with E-state index in [4.69, 9.17) is 9.47 Å². The lowest BCUT2D eigenvalue weighted by Crippen LogP contribution is -2.23. The van der Waals surface area contributed by atoms with Crippen LogP contribution in [-0.2, 0) is 19.1 Å². The van der Waals surface area contributed by atoms with E-state index >= 15 is 0 Å². The highest BCUT2D eigenvalue weighted by atomic mass is 16.5. The van der Waals surface area contributed by atoms with Gasteiger partial charge in [0.2, 0.25) is 0 Å². The van der Waals surface area contributed by atoms with Crippen LogP contribution in [0.5, 0.6) is 0 Å². The van der Waals surface area contributed by atoms with Crippen molar-refractivity contribution in [2.45, 2.75) is 84.7 Å². The Morgan fingerprint density at radius 2 is 1.65 bits per heavy atom. The third kappa shape index (κ3) is 12.1. The van der Waals surface area contributed by atoms with Crippen LogP contribution in [0.3, 0.4) is 0 Å². The Morgan fingerprint density at radius 1 is 1.08 bits per heavy atom. The Labute approximate surface area is 159 Å². The monoisotopic (exact) mass is 370 g/mol. The van der Waals surface area contributed by atoms with E-state index in [0.29, 0.717) is 25.9 Å². The summed E-state index contributed by atoms with van der Waals surface area (Å²) in [4.78, 5) is 23.2. The highest BCUT2D eigenvalue weighted by Crippen LogP contribution is 2.18. The molecule has 2 atom stereocenters. The molecule has 0 aliphatic rings. The number of methoxy groups -OCH3 is 1. The van der Waals surface area contributed by atoms with Crippen LogP contribution in [0.4, 0.5) is 0 Å². The number of hydrogen-bond acceptors (Lipinski definition) is 5. The number of allylic oxidation sites excluding steroid dienone is 1. The highest BCUT2D eigenvalue weighted by molar-refractivity contribution is 5.75. The molecule has 0 radical (unpaired) electrons. The fraction of sp³-hybridized carbons (Fsp3) is 0.810. The summed E-state index contributed by atoms with van der Waals surface area (Å²) in [5, 5.41) is 10.1. The predicted molar refractivity (Wildman–Crippen MR) is 104 cm³/mol. The van der Waals surface area contributed by atoms with E-state index < -0.39 is 11.5 Å². The van der Waals surface area contributed by atoms with Gasteiger partial charge in [-0.2, -0.15) is 0 Å². The van der Waals surface area contributed by atoms with Crippen LogP contribution in [0.25, 0.3) is 0 Å². The van der Waals surface area contributed by atoms with Crippen LogP contribution in [0.2, 0.25) is 0 Å². The van der Waals surface area contributed by atoms with E-state index in [9.17, 15) is 14.7 Å². The molecule has 0 amide bonds. The third-order valence-corrected chi connectivity index (χ3v) is 4.32. The fourth-order valence-corrected chi connectivity index (χ4v) is 2.67. The molecule has 0 aromatic heterocycles. The van der Waals surface area contributed by atoms with Gasteiger partial charge < -0.3 is 14.6 Å². The van der Waals surface area contributed by atoms with Crippen molar-refractivity contribution < 1.29 is 24.2 Å². The minimum absolute atomic E-state index is 0.145. The molecule has 0 bridgehead atoms. The zero-order valence-corrected chi connectivity index (χ0v) is 17.1. The van der Waals surface area contributed by atoms with Crippen molar-refractivity contribution in [3.63, 3.8) is 0 Å². The van der Waals surface area contributed by atoms with Crippen molar-refractivity contribution in [3.8, 4) is 0 Å². The molecule has 5 nitrogen and oxygen atoms in total. The number of carbonyl (C=O) groups excluding carboxylic acids is 2. The van der Waals surface area contributed by atoms with Crippen molar-refractivity contribution in [1.29, 1.82) is 0 Å². The topological polar surface area (TPSA) is 72.8 Å². The zero-order chi connectivity index (χ0) is 20.0. The van der Waals surface area contributed by atoms with Crippen LogP contribution >= 0.6 is 0 Å². The molecule has 0 heterocycles. The van der Waals surface area contributed by atoms with E-state index in [2.05, 4.69) is 6.58 Å². The first-order valence-electron chi connectivity index (χ1n) is 9.76. The average molecular weight is 371 g/mol. The van der Waals surface area contributed by atoms with Gasteiger partial charge >= 0.3 is 11.9 Å². The van der Waals surface area contributed by atoms with Gasteiger partial charge in [0.1, 0.15) is 0 Å². The van der Waals surface area contributed by atoms with Crippen LogP contribution in [0.1, 0.15) is 78.6 Å². The summed E-state index contributed by atoms with van der Waals surface area (Å²) in [5.74, 6) is -0.729. The Balaban J connectivity index is 3.66. The molecule has 0 saturated heterocycles. The number of unbranched alkanes of at least 4 members (excludes halogenated alkanes) is 5. The SMILES string of the molecule is C=CC[C@H](C[C@H](O)CCCCCCCCOC(=O)C(C)(C)C)C(=O)OC. The van der Waals surface area contributed by atoms with Gasteiger partial charge in [-0.05, 0) is 46.5 Å². The molecule has 152 valence electrons. The summed E-state index contributed by atoms with van der Waals surface area (Å²) < 4.78 is 9.99. The molecular formula is C21H38O5. The van der Waals surface area contributed by atoms with Crippen molar-refractivity contribution in [2.24, 2.45) is 11.3 Å². The highest BCUT2D eigenvalue weighted by Gasteiger charge is 2.22. The summed E-state index contributed by atoms with van der Waals surface area (Å²) in [6.45, 7) is 9.71. The molecule has 1 N–H and O–H groups in total. The zero-order valence-electron chi connectivity index (χ0n) is 17.1. The molecule has 0 saturated carbocycles. The summed E-state index contributed by atoms with van der Waals surface area (Å²) in [5.41, 5.74) is -0.431. The number of rotatable bonds is 14. The van der Waals surface area contributed by atoms with Gasteiger partial charge in [-0.15, -0.1) is 6.58 Å². The summed E-state index contributed by atoms with van der Waals surface area (Å²) in [7, 11) is 1.37. The molecule has 0 aliphatic heterocycles. The number of aliphatic hydroxyl groups excluding tert-OH is 1. The Hall–Kier alpha value is -1.36. The summed E-state index contributed by atoms with van der Waals surface area (Å²) in [6.07, 6.45) is 9.03. The first-order valence-corrected chi connectivity index (χ1v) is 9.76. The van der Waals surface area contributed by atoms with Crippen LogP contribution < -0.4 is 0 Å². The molecule has 5 heteroatoms. The molecule has 0 rings (SSSR count). The molecule has 26 heavy (non-hydrogen) atoms. The van der Waals surface area contributed by atoms with Crippen molar-refractivity contribution in [1.82, 2.24) is 0 Å². The largest absolute Gasteiger partial charge is 0.469 e. The van der Waals surface area contributed by atoms with Crippen LogP contribution in [-0.4, -0.2) is 36.9 Å². The second-order valence-electron chi connectivity index (χ2n) is 7.93. The van der Waals surface area contributed by atoms with Gasteiger partial charge in [0, 0.05) is 0 Å². The van der Waals surface area contributed by atoms with E-state index in [0.717, 1.165) is 38.5 Å². The first-order chi connectivity index (χ1) is 12.2. The molecule has 0 fully saturated rings. The minimum atomic E-state index is -0.476. The first kappa shape index (κ1) is 24.6. The smallest absolute Gasteiger partial charge is 0.311 e. The molecule has 0 aliphatic carbocycles. The van der Waals surface area contributed by atoms with E-state index in [1.165, 1.54) is 7.11 Å². The standard InChI is InChI=1S/C21H38O5/c1-6-13-17(19(23)25-5)16-18(22)14-11-9-7-8-10-12-15-26-20(24)21(2,3)4/h6,17-18,22H,1,7-16H2,2-5H3/t17-,18-/m1/s1.